The van der Waals surface area contributed by atoms with Gasteiger partial charge in [0, 0.05) is 45.0 Å². The molecule has 1 fully saturated rings. The molecule has 29 heavy (non-hydrogen) atoms. The van der Waals surface area contributed by atoms with Gasteiger partial charge < -0.3 is 15.0 Å². The molecule has 0 bridgehead atoms. The topological polar surface area (TPSA) is 53.0 Å². The van der Waals surface area contributed by atoms with Crippen LogP contribution >= 0.6 is 24.0 Å². The summed E-state index contributed by atoms with van der Waals surface area (Å²) in [7, 11) is 0. The van der Waals surface area contributed by atoms with E-state index >= 15 is 0 Å². The van der Waals surface area contributed by atoms with E-state index in [2.05, 4.69) is 15.3 Å². The highest BCUT2D eigenvalue weighted by Gasteiger charge is 2.41. The van der Waals surface area contributed by atoms with Gasteiger partial charge in [-0.3, -0.25) is 4.90 Å². The second kappa shape index (κ2) is 11.8. The van der Waals surface area contributed by atoms with Crippen molar-refractivity contribution >= 4 is 29.9 Å². The average molecular weight is 529 g/mol. The van der Waals surface area contributed by atoms with Crippen LogP contribution in [-0.4, -0.2) is 71.8 Å². The van der Waals surface area contributed by atoms with Crippen LogP contribution in [0.15, 0.2) is 23.3 Å². The van der Waals surface area contributed by atoms with E-state index in [1.54, 1.807) is 6.20 Å². The fourth-order valence-corrected chi connectivity index (χ4v) is 2.94. The molecule has 1 aliphatic heterocycles. The van der Waals surface area contributed by atoms with Gasteiger partial charge >= 0.3 is 6.18 Å². The van der Waals surface area contributed by atoms with Crippen LogP contribution in [0.3, 0.4) is 0 Å². The van der Waals surface area contributed by atoms with Crippen molar-refractivity contribution in [3.8, 4) is 5.88 Å². The second-order valence-electron chi connectivity index (χ2n) is 7.08. The van der Waals surface area contributed by atoms with E-state index in [1.807, 2.05) is 37.8 Å². The van der Waals surface area contributed by atoms with E-state index in [0.29, 0.717) is 51.1 Å². The Labute approximate surface area is 187 Å². The summed E-state index contributed by atoms with van der Waals surface area (Å²) in [5.41, 5.74) is 0.941. The first-order valence-electron chi connectivity index (χ1n) is 9.66. The number of rotatable bonds is 6. The number of hydrogen-bond donors (Lipinski definition) is 1. The quantitative estimate of drug-likeness (QED) is 0.348. The highest BCUT2D eigenvalue weighted by molar-refractivity contribution is 14.0. The van der Waals surface area contributed by atoms with Gasteiger partial charge in [0.25, 0.3) is 0 Å². The number of alkyl halides is 3. The summed E-state index contributed by atoms with van der Waals surface area (Å²) >= 11 is 0. The van der Waals surface area contributed by atoms with Gasteiger partial charge in [-0.1, -0.05) is 6.07 Å². The van der Waals surface area contributed by atoms with Crippen LogP contribution in [0, 0.1) is 0 Å². The van der Waals surface area contributed by atoms with Crippen molar-refractivity contribution in [3.63, 3.8) is 0 Å². The van der Waals surface area contributed by atoms with Gasteiger partial charge in [0.1, 0.15) is 6.04 Å². The maximum absolute atomic E-state index is 12.9. The van der Waals surface area contributed by atoms with E-state index in [9.17, 15) is 13.2 Å². The Morgan fingerprint density at radius 1 is 1.21 bits per heavy atom. The summed E-state index contributed by atoms with van der Waals surface area (Å²) in [6.07, 6.45) is -2.40. The van der Waals surface area contributed by atoms with Gasteiger partial charge in [0.15, 0.2) is 5.96 Å². The van der Waals surface area contributed by atoms with E-state index in [-0.39, 0.29) is 30.1 Å². The van der Waals surface area contributed by atoms with Crippen molar-refractivity contribution in [1.82, 2.24) is 20.1 Å². The smallest absolute Gasteiger partial charge is 0.403 e. The number of halogens is 4. The molecule has 1 N–H and O–H groups in total. The molecule has 1 atom stereocenters. The monoisotopic (exact) mass is 529 g/mol. The van der Waals surface area contributed by atoms with Crippen molar-refractivity contribution in [2.24, 2.45) is 4.99 Å². The first-order valence-corrected chi connectivity index (χ1v) is 9.66. The molecule has 0 aromatic carbocycles. The van der Waals surface area contributed by atoms with E-state index in [4.69, 9.17) is 4.74 Å². The molecule has 1 saturated heterocycles. The lowest BCUT2D eigenvalue weighted by Crippen LogP contribution is -2.56. The van der Waals surface area contributed by atoms with Crippen LogP contribution in [0.2, 0.25) is 0 Å². The summed E-state index contributed by atoms with van der Waals surface area (Å²) in [6, 6.07) is 2.31. The van der Waals surface area contributed by atoms with Crippen LogP contribution in [0.1, 0.15) is 33.3 Å². The molecule has 1 aromatic heterocycles. The van der Waals surface area contributed by atoms with Gasteiger partial charge in [-0.05, 0) is 33.3 Å². The van der Waals surface area contributed by atoms with Gasteiger partial charge in [0.2, 0.25) is 5.88 Å². The normalized spacial score (nSPS) is 17.1. The fourth-order valence-electron chi connectivity index (χ4n) is 2.94. The minimum atomic E-state index is -4.20. The van der Waals surface area contributed by atoms with Crippen molar-refractivity contribution in [2.75, 3.05) is 32.7 Å². The average Bonchev–Trinajstić information content (AvgIpc) is 2.65. The minimum Gasteiger partial charge on any atom is -0.475 e. The van der Waals surface area contributed by atoms with Gasteiger partial charge in [-0.15, -0.1) is 24.0 Å². The molecule has 6 nitrogen and oxygen atoms in total. The minimum absolute atomic E-state index is 0. The molecule has 1 unspecified atom stereocenters. The lowest BCUT2D eigenvalue weighted by atomic mass is 10.2. The number of aliphatic imine (C=N–C) groups is 1. The number of piperazine rings is 1. The Morgan fingerprint density at radius 3 is 2.34 bits per heavy atom. The largest absolute Gasteiger partial charge is 0.475 e. The molecule has 1 aromatic rings. The predicted molar refractivity (Wildman–Crippen MR) is 119 cm³/mol. The molecule has 0 saturated carbocycles. The molecule has 0 aliphatic carbocycles. The molecular formula is C19H31F3IN5O. The van der Waals surface area contributed by atoms with Crippen LogP contribution < -0.4 is 10.1 Å². The lowest BCUT2D eigenvalue weighted by Gasteiger charge is -2.39. The van der Waals surface area contributed by atoms with Gasteiger partial charge in [0.05, 0.1) is 12.6 Å². The summed E-state index contributed by atoms with van der Waals surface area (Å²) in [5, 5.41) is 3.22. The van der Waals surface area contributed by atoms with Crippen molar-refractivity contribution in [2.45, 2.75) is 52.6 Å². The Hall–Kier alpha value is -1.30. The number of ether oxygens (including phenoxy) is 1. The first-order chi connectivity index (χ1) is 13.2. The second-order valence-corrected chi connectivity index (χ2v) is 7.08. The third-order valence-corrected chi connectivity index (χ3v) is 4.54. The Kier molecular flexibility index (Phi) is 10.4. The number of nitrogens with zero attached hydrogens (tertiary/aromatic N) is 4. The Bertz CT molecular complexity index is 632. The summed E-state index contributed by atoms with van der Waals surface area (Å²) in [4.78, 5) is 12.4. The number of pyridine rings is 1. The fraction of sp³-hybridized carbons (Fsp3) is 0.684. The van der Waals surface area contributed by atoms with Crippen LogP contribution in [0.5, 0.6) is 5.88 Å². The molecular weight excluding hydrogens is 498 g/mol. The van der Waals surface area contributed by atoms with E-state index in [0.717, 1.165) is 5.56 Å². The van der Waals surface area contributed by atoms with Crippen molar-refractivity contribution < 1.29 is 17.9 Å². The molecule has 0 spiro atoms. The van der Waals surface area contributed by atoms with Gasteiger partial charge in [-0.25, -0.2) is 9.98 Å². The highest BCUT2D eigenvalue weighted by Crippen LogP contribution is 2.25. The number of guanidine groups is 1. The molecule has 1 aliphatic rings. The third kappa shape index (κ3) is 8.15. The van der Waals surface area contributed by atoms with Crippen molar-refractivity contribution in [1.29, 1.82) is 0 Å². The molecule has 0 radical (unpaired) electrons. The standard InChI is InChI=1S/C19H30F3N5O.HI/c1-5-23-18(25-13-16-6-7-17(24-12-16)28-14(2)3)27-10-8-26(9-11-27)15(4)19(20,21)22;/h6-7,12,14-15H,5,8-11,13H2,1-4H3,(H,23,25);1H. The van der Waals surface area contributed by atoms with Crippen molar-refractivity contribution in [3.05, 3.63) is 23.9 Å². The zero-order valence-corrected chi connectivity index (χ0v) is 19.7. The van der Waals surface area contributed by atoms with Crippen LogP contribution in [0.4, 0.5) is 13.2 Å². The highest BCUT2D eigenvalue weighted by atomic mass is 127. The van der Waals surface area contributed by atoms with Crippen LogP contribution in [-0.2, 0) is 6.54 Å². The summed E-state index contributed by atoms with van der Waals surface area (Å²) in [5.74, 6) is 1.29. The summed E-state index contributed by atoms with van der Waals surface area (Å²) in [6.45, 7) is 9.92. The SMILES string of the molecule is CCNC(=NCc1ccc(OC(C)C)nc1)N1CCN(C(C)C(F)(F)F)CC1.I. The zero-order chi connectivity index (χ0) is 20.7. The molecule has 2 rings (SSSR count). The zero-order valence-electron chi connectivity index (χ0n) is 17.4. The number of nitrogens with one attached hydrogen (secondary N) is 1. The number of hydrogen-bond acceptors (Lipinski definition) is 4. The Balaban J connectivity index is 0.00000420. The third-order valence-electron chi connectivity index (χ3n) is 4.54. The van der Waals surface area contributed by atoms with E-state index in [1.165, 1.54) is 11.8 Å². The molecule has 10 heteroatoms. The van der Waals surface area contributed by atoms with Gasteiger partial charge in [-0.2, -0.15) is 13.2 Å². The summed E-state index contributed by atoms with van der Waals surface area (Å²) < 4.78 is 44.3. The molecule has 166 valence electrons. The Morgan fingerprint density at radius 2 is 1.86 bits per heavy atom. The molecule has 2 heterocycles. The molecule has 0 amide bonds. The number of aromatic nitrogens is 1. The maximum Gasteiger partial charge on any atom is 0.403 e. The van der Waals surface area contributed by atoms with E-state index < -0.39 is 12.2 Å². The predicted octanol–water partition coefficient (Wildman–Crippen LogP) is 3.52. The lowest BCUT2D eigenvalue weighted by molar-refractivity contribution is -0.181. The maximum atomic E-state index is 12.9. The van der Waals surface area contributed by atoms with Crippen LogP contribution in [0.25, 0.3) is 0 Å². The first kappa shape index (κ1) is 25.7.